The monoisotopic (exact) mass is 192 g/mol. The lowest BCUT2D eigenvalue weighted by Gasteiger charge is -2.19. The average molecular weight is 192 g/mol. The van der Waals surface area contributed by atoms with Gasteiger partial charge in [0.05, 0.1) is 5.69 Å². The maximum absolute atomic E-state index is 4.77. The second-order valence-electron chi connectivity index (χ2n) is 5.47. The summed E-state index contributed by atoms with van der Waals surface area (Å²) in [7, 11) is 0. The van der Waals surface area contributed by atoms with Crippen molar-refractivity contribution in [3.63, 3.8) is 0 Å². The largest absolute Gasteiger partial charge is 0.334 e. The van der Waals surface area contributed by atoms with Gasteiger partial charge in [-0.25, -0.2) is 4.98 Å². The zero-order valence-corrected chi connectivity index (χ0v) is 9.67. The molecule has 0 spiro atoms. The van der Waals surface area contributed by atoms with Crippen LogP contribution in [0.5, 0.6) is 0 Å². The van der Waals surface area contributed by atoms with Gasteiger partial charge >= 0.3 is 0 Å². The van der Waals surface area contributed by atoms with Gasteiger partial charge in [-0.2, -0.15) is 0 Å². The summed E-state index contributed by atoms with van der Waals surface area (Å²) in [5, 5.41) is 0. The molecule has 0 fully saturated rings. The van der Waals surface area contributed by atoms with Crippen LogP contribution in [0.1, 0.15) is 58.0 Å². The summed E-state index contributed by atoms with van der Waals surface area (Å²) in [5.41, 5.74) is 1.42. The summed E-state index contributed by atoms with van der Waals surface area (Å²) in [4.78, 5) is 4.77. The normalized spacial score (nSPS) is 22.1. The lowest BCUT2D eigenvalue weighted by atomic mass is 9.93. The molecule has 0 N–H and O–H groups in total. The van der Waals surface area contributed by atoms with Gasteiger partial charge in [0, 0.05) is 24.1 Å². The molecule has 0 saturated heterocycles. The second kappa shape index (κ2) is 3.11. The maximum Gasteiger partial charge on any atom is 0.111 e. The summed E-state index contributed by atoms with van der Waals surface area (Å²) < 4.78 is 2.34. The van der Waals surface area contributed by atoms with Gasteiger partial charge in [0.2, 0.25) is 0 Å². The Labute approximate surface area is 86.3 Å². The fourth-order valence-corrected chi connectivity index (χ4v) is 2.06. The Hall–Kier alpha value is -0.790. The van der Waals surface area contributed by atoms with Crippen LogP contribution < -0.4 is 0 Å². The number of imidazole rings is 1. The highest BCUT2D eigenvalue weighted by Gasteiger charge is 2.24. The fourth-order valence-electron chi connectivity index (χ4n) is 2.06. The summed E-state index contributed by atoms with van der Waals surface area (Å²) in [6.45, 7) is 10.1. The van der Waals surface area contributed by atoms with Crippen molar-refractivity contribution in [1.82, 2.24) is 9.55 Å². The highest BCUT2D eigenvalue weighted by Crippen LogP contribution is 2.29. The molecule has 0 radical (unpaired) electrons. The van der Waals surface area contributed by atoms with Crippen molar-refractivity contribution in [3.8, 4) is 0 Å². The first-order valence-corrected chi connectivity index (χ1v) is 5.56. The van der Waals surface area contributed by atoms with Crippen LogP contribution in [-0.2, 0) is 12.0 Å². The van der Waals surface area contributed by atoms with Crippen molar-refractivity contribution < 1.29 is 0 Å². The first kappa shape index (κ1) is 9.75. The van der Waals surface area contributed by atoms with Gasteiger partial charge in [0.15, 0.2) is 0 Å². The summed E-state index contributed by atoms with van der Waals surface area (Å²) >= 11 is 0. The van der Waals surface area contributed by atoms with E-state index in [0.717, 1.165) is 6.54 Å². The van der Waals surface area contributed by atoms with Crippen molar-refractivity contribution in [2.24, 2.45) is 0 Å². The molecule has 1 aliphatic rings. The Balaban J connectivity index is 2.40. The van der Waals surface area contributed by atoms with Crippen LogP contribution in [0.3, 0.4) is 0 Å². The molecule has 1 atom stereocenters. The van der Waals surface area contributed by atoms with E-state index in [1.807, 2.05) is 0 Å². The molecule has 2 nitrogen and oxygen atoms in total. The number of hydrogen-bond acceptors (Lipinski definition) is 1. The van der Waals surface area contributed by atoms with Crippen molar-refractivity contribution >= 4 is 0 Å². The van der Waals surface area contributed by atoms with Crippen molar-refractivity contribution in [2.45, 2.75) is 58.4 Å². The molecule has 78 valence electrons. The Morgan fingerprint density at radius 1 is 1.43 bits per heavy atom. The van der Waals surface area contributed by atoms with Gasteiger partial charge in [-0.3, -0.25) is 0 Å². The molecule has 14 heavy (non-hydrogen) atoms. The first-order chi connectivity index (χ1) is 6.48. The fraction of sp³-hybridized carbons (Fsp3) is 0.750. The lowest BCUT2D eigenvalue weighted by molar-refractivity contribution is 0.463. The third-order valence-electron chi connectivity index (χ3n) is 3.05. The Kier molecular flexibility index (Phi) is 2.17. The van der Waals surface area contributed by atoms with E-state index < -0.39 is 0 Å². The Bertz CT molecular complexity index is 331. The van der Waals surface area contributed by atoms with E-state index in [9.17, 15) is 0 Å². The molecule has 2 heteroatoms. The third kappa shape index (κ3) is 1.58. The van der Waals surface area contributed by atoms with E-state index in [-0.39, 0.29) is 5.41 Å². The summed E-state index contributed by atoms with van der Waals surface area (Å²) in [6.07, 6.45) is 4.83. The zero-order valence-electron chi connectivity index (χ0n) is 9.67. The molecule has 0 aromatic carbocycles. The lowest BCUT2D eigenvalue weighted by Crippen LogP contribution is -2.13. The van der Waals surface area contributed by atoms with Crippen molar-refractivity contribution in [3.05, 3.63) is 17.7 Å². The minimum absolute atomic E-state index is 0.185. The van der Waals surface area contributed by atoms with Crippen LogP contribution in [0.4, 0.5) is 0 Å². The molecule has 2 heterocycles. The van der Waals surface area contributed by atoms with E-state index in [4.69, 9.17) is 4.98 Å². The highest BCUT2D eigenvalue weighted by atomic mass is 15.1. The number of hydrogen-bond donors (Lipinski definition) is 0. The van der Waals surface area contributed by atoms with Crippen molar-refractivity contribution in [1.29, 1.82) is 0 Å². The molecule has 1 aromatic heterocycles. The third-order valence-corrected chi connectivity index (χ3v) is 3.05. The van der Waals surface area contributed by atoms with E-state index in [1.165, 1.54) is 24.4 Å². The SMILES string of the molecule is CC1CCCn2cc(C(C)(C)C)nc21. The molecule has 1 unspecified atom stereocenters. The standard InChI is InChI=1S/C12H20N2/c1-9-6-5-7-14-8-10(12(2,3)4)13-11(9)14/h8-9H,5-7H2,1-4H3. The molecule has 0 amide bonds. The van der Waals surface area contributed by atoms with Crippen LogP contribution in [0.2, 0.25) is 0 Å². The highest BCUT2D eigenvalue weighted by molar-refractivity contribution is 5.16. The number of nitrogens with zero attached hydrogens (tertiary/aromatic N) is 2. The number of aromatic nitrogens is 2. The van der Waals surface area contributed by atoms with Gasteiger partial charge in [0.1, 0.15) is 5.82 Å². The van der Waals surface area contributed by atoms with Gasteiger partial charge < -0.3 is 4.57 Å². The van der Waals surface area contributed by atoms with E-state index in [0.29, 0.717) is 5.92 Å². The van der Waals surface area contributed by atoms with Crippen LogP contribution in [0.25, 0.3) is 0 Å². The quantitative estimate of drug-likeness (QED) is 0.617. The number of fused-ring (bicyclic) bond motifs is 1. The minimum Gasteiger partial charge on any atom is -0.334 e. The van der Waals surface area contributed by atoms with Gasteiger partial charge in [-0.15, -0.1) is 0 Å². The van der Waals surface area contributed by atoms with Crippen LogP contribution in [0.15, 0.2) is 6.20 Å². The average Bonchev–Trinajstić information content (AvgIpc) is 2.48. The molecule has 0 saturated carbocycles. The summed E-state index contributed by atoms with van der Waals surface area (Å²) in [5.74, 6) is 1.93. The Morgan fingerprint density at radius 3 is 2.71 bits per heavy atom. The van der Waals surface area contributed by atoms with Crippen LogP contribution >= 0.6 is 0 Å². The van der Waals surface area contributed by atoms with Crippen LogP contribution in [0, 0.1) is 0 Å². The summed E-state index contributed by atoms with van der Waals surface area (Å²) in [6, 6.07) is 0. The molecule has 1 aromatic rings. The minimum atomic E-state index is 0.185. The van der Waals surface area contributed by atoms with Crippen LogP contribution in [-0.4, -0.2) is 9.55 Å². The predicted octanol–water partition coefficient (Wildman–Crippen LogP) is 3.08. The molecule has 1 aliphatic heterocycles. The van der Waals surface area contributed by atoms with E-state index >= 15 is 0 Å². The molecular weight excluding hydrogens is 172 g/mol. The molecular formula is C12H20N2. The van der Waals surface area contributed by atoms with E-state index in [2.05, 4.69) is 38.5 Å². The maximum atomic E-state index is 4.77. The number of aryl methyl sites for hydroxylation is 1. The topological polar surface area (TPSA) is 17.8 Å². The van der Waals surface area contributed by atoms with E-state index in [1.54, 1.807) is 0 Å². The Morgan fingerprint density at radius 2 is 2.14 bits per heavy atom. The van der Waals surface area contributed by atoms with Gasteiger partial charge in [-0.05, 0) is 12.8 Å². The second-order valence-corrected chi connectivity index (χ2v) is 5.47. The molecule has 0 bridgehead atoms. The molecule has 0 aliphatic carbocycles. The predicted molar refractivity (Wildman–Crippen MR) is 58.6 cm³/mol. The first-order valence-electron chi connectivity index (χ1n) is 5.56. The molecule has 2 rings (SSSR count). The smallest absolute Gasteiger partial charge is 0.111 e. The van der Waals surface area contributed by atoms with Gasteiger partial charge in [0.25, 0.3) is 0 Å². The van der Waals surface area contributed by atoms with Crippen molar-refractivity contribution in [2.75, 3.05) is 0 Å². The number of rotatable bonds is 0. The zero-order chi connectivity index (χ0) is 10.3. The van der Waals surface area contributed by atoms with Gasteiger partial charge in [-0.1, -0.05) is 27.7 Å².